The third kappa shape index (κ3) is 2.08. The first-order valence-electron chi connectivity index (χ1n) is 4.91. The lowest BCUT2D eigenvalue weighted by molar-refractivity contribution is 0.553. The van der Waals surface area contributed by atoms with Crippen molar-refractivity contribution in [3.8, 4) is 0 Å². The second kappa shape index (κ2) is 2.93. The molecule has 1 aliphatic rings. The summed E-state index contributed by atoms with van der Waals surface area (Å²) in [6.45, 7) is 12.4. The van der Waals surface area contributed by atoms with E-state index in [0.29, 0.717) is 0 Å². The minimum atomic E-state index is -0.829. The normalized spacial score (nSPS) is 39.5. The Kier molecular flexibility index (Phi) is 2.48. The van der Waals surface area contributed by atoms with Crippen LogP contribution < -0.4 is 0 Å². The standard InChI is InChI=1S/C10H22Si/c1-8-6-9(2)10(7-8)11(3,4)5/h8-10H,6-7H2,1-5H3. The van der Waals surface area contributed by atoms with Gasteiger partial charge < -0.3 is 0 Å². The summed E-state index contributed by atoms with van der Waals surface area (Å²) in [6, 6.07) is 0. The van der Waals surface area contributed by atoms with Crippen molar-refractivity contribution in [2.75, 3.05) is 0 Å². The van der Waals surface area contributed by atoms with Crippen LogP contribution in [0.15, 0.2) is 0 Å². The maximum Gasteiger partial charge on any atom is 0.0476 e. The molecule has 0 radical (unpaired) electrons. The Bertz CT molecular complexity index is 134. The summed E-state index contributed by atoms with van der Waals surface area (Å²) < 4.78 is 0. The number of hydrogen-bond acceptors (Lipinski definition) is 0. The van der Waals surface area contributed by atoms with E-state index in [1.54, 1.807) is 0 Å². The summed E-state index contributed by atoms with van der Waals surface area (Å²) in [6.07, 6.45) is 2.99. The molecule has 0 spiro atoms. The average Bonchev–Trinajstić information content (AvgIpc) is 2.08. The van der Waals surface area contributed by atoms with Crippen molar-refractivity contribution in [1.82, 2.24) is 0 Å². The Morgan fingerprint density at radius 2 is 1.55 bits per heavy atom. The first-order valence-corrected chi connectivity index (χ1v) is 8.49. The molecular weight excluding hydrogens is 148 g/mol. The van der Waals surface area contributed by atoms with Crippen LogP contribution >= 0.6 is 0 Å². The molecule has 0 aliphatic heterocycles. The first-order chi connectivity index (χ1) is 4.91. The van der Waals surface area contributed by atoms with Crippen LogP contribution in [0.1, 0.15) is 26.7 Å². The molecule has 0 nitrogen and oxygen atoms in total. The summed E-state index contributed by atoms with van der Waals surface area (Å²) in [5.41, 5.74) is 1.09. The zero-order valence-corrected chi connectivity index (χ0v) is 9.65. The molecular formula is C10H22Si. The predicted octanol–water partition coefficient (Wildman–Crippen LogP) is 3.76. The van der Waals surface area contributed by atoms with Crippen LogP contribution in [-0.2, 0) is 0 Å². The van der Waals surface area contributed by atoms with E-state index < -0.39 is 8.07 Å². The van der Waals surface area contributed by atoms with Crippen molar-refractivity contribution < 1.29 is 0 Å². The topological polar surface area (TPSA) is 0 Å². The van der Waals surface area contributed by atoms with E-state index in [2.05, 4.69) is 33.5 Å². The van der Waals surface area contributed by atoms with Crippen LogP contribution in [0, 0.1) is 11.8 Å². The van der Waals surface area contributed by atoms with Gasteiger partial charge in [0, 0.05) is 8.07 Å². The monoisotopic (exact) mass is 170 g/mol. The number of hydrogen-bond donors (Lipinski definition) is 0. The molecule has 1 aliphatic carbocycles. The molecule has 1 heteroatoms. The molecule has 0 amide bonds. The Balaban J connectivity index is 2.60. The molecule has 0 aromatic carbocycles. The predicted molar refractivity (Wildman–Crippen MR) is 54.7 cm³/mol. The molecule has 1 rings (SSSR count). The van der Waals surface area contributed by atoms with Crippen molar-refractivity contribution >= 4 is 8.07 Å². The van der Waals surface area contributed by atoms with Gasteiger partial charge in [0.1, 0.15) is 0 Å². The molecule has 66 valence electrons. The maximum absolute atomic E-state index is 2.52. The average molecular weight is 170 g/mol. The van der Waals surface area contributed by atoms with Crippen molar-refractivity contribution in [3.05, 3.63) is 0 Å². The first kappa shape index (κ1) is 9.31. The van der Waals surface area contributed by atoms with Crippen molar-refractivity contribution in [3.63, 3.8) is 0 Å². The van der Waals surface area contributed by atoms with E-state index in [-0.39, 0.29) is 0 Å². The Morgan fingerprint density at radius 3 is 1.73 bits per heavy atom. The Morgan fingerprint density at radius 1 is 1.00 bits per heavy atom. The van der Waals surface area contributed by atoms with Gasteiger partial charge in [0.2, 0.25) is 0 Å². The Hall–Kier alpha value is 0.217. The van der Waals surface area contributed by atoms with E-state index in [4.69, 9.17) is 0 Å². The van der Waals surface area contributed by atoms with Gasteiger partial charge in [-0.05, 0) is 30.2 Å². The second-order valence-corrected chi connectivity index (χ2v) is 11.0. The quantitative estimate of drug-likeness (QED) is 0.526. The minimum absolute atomic E-state index is 0.829. The van der Waals surface area contributed by atoms with Gasteiger partial charge in [-0.1, -0.05) is 33.5 Å². The molecule has 1 saturated carbocycles. The molecule has 0 aromatic heterocycles. The summed E-state index contributed by atoms with van der Waals surface area (Å²) in [5, 5.41) is 0. The molecule has 11 heavy (non-hydrogen) atoms. The van der Waals surface area contributed by atoms with Crippen molar-refractivity contribution in [2.24, 2.45) is 11.8 Å². The SMILES string of the molecule is CC1CC(C)C([Si](C)(C)C)C1. The third-order valence-electron chi connectivity index (χ3n) is 3.23. The van der Waals surface area contributed by atoms with Crippen LogP contribution in [0.4, 0.5) is 0 Å². The highest BCUT2D eigenvalue weighted by molar-refractivity contribution is 6.77. The lowest BCUT2D eigenvalue weighted by Crippen LogP contribution is -2.29. The summed E-state index contributed by atoms with van der Waals surface area (Å²) in [4.78, 5) is 0. The van der Waals surface area contributed by atoms with E-state index in [0.717, 1.165) is 17.4 Å². The highest BCUT2D eigenvalue weighted by Crippen LogP contribution is 2.45. The van der Waals surface area contributed by atoms with Gasteiger partial charge >= 0.3 is 0 Å². The molecule has 0 bridgehead atoms. The molecule has 0 aromatic rings. The summed E-state index contributed by atoms with van der Waals surface area (Å²) >= 11 is 0. The molecule has 0 N–H and O–H groups in total. The minimum Gasteiger partial charge on any atom is -0.0693 e. The fraction of sp³-hybridized carbons (Fsp3) is 1.00. The van der Waals surface area contributed by atoms with Gasteiger partial charge in [0.15, 0.2) is 0 Å². The van der Waals surface area contributed by atoms with Crippen LogP contribution in [0.2, 0.25) is 25.2 Å². The van der Waals surface area contributed by atoms with Gasteiger partial charge in [0.25, 0.3) is 0 Å². The molecule has 0 saturated heterocycles. The Labute approximate surface area is 72.4 Å². The van der Waals surface area contributed by atoms with Crippen molar-refractivity contribution in [2.45, 2.75) is 51.9 Å². The zero-order chi connectivity index (χ0) is 8.65. The van der Waals surface area contributed by atoms with Gasteiger partial charge in [-0.3, -0.25) is 0 Å². The van der Waals surface area contributed by atoms with E-state index in [9.17, 15) is 0 Å². The zero-order valence-electron chi connectivity index (χ0n) is 8.65. The highest BCUT2D eigenvalue weighted by atomic mass is 28.3. The largest absolute Gasteiger partial charge is 0.0693 e. The lowest BCUT2D eigenvalue weighted by atomic mass is 10.1. The maximum atomic E-state index is 2.52. The third-order valence-corrected chi connectivity index (χ3v) is 6.26. The molecule has 3 unspecified atom stereocenters. The van der Waals surface area contributed by atoms with Gasteiger partial charge in [-0.15, -0.1) is 0 Å². The van der Waals surface area contributed by atoms with Crippen LogP contribution in [0.5, 0.6) is 0 Å². The fourth-order valence-corrected chi connectivity index (χ4v) is 5.72. The van der Waals surface area contributed by atoms with Gasteiger partial charge in [0.05, 0.1) is 0 Å². The van der Waals surface area contributed by atoms with E-state index in [1.807, 2.05) is 0 Å². The van der Waals surface area contributed by atoms with Crippen LogP contribution in [-0.4, -0.2) is 8.07 Å². The second-order valence-electron chi connectivity index (χ2n) is 5.53. The van der Waals surface area contributed by atoms with Crippen LogP contribution in [0.3, 0.4) is 0 Å². The van der Waals surface area contributed by atoms with Crippen LogP contribution in [0.25, 0.3) is 0 Å². The lowest BCUT2D eigenvalue weighted by Gasteiger charge is -2.28. The number of rotatable bonds is 1. The molecule has 0 heterocycles. The molecule has 1 fully saturated rings. The molecule has 3 atom stereocenters. The highest BCUT2D eigenvalue weighted by Gasteiger charge is 2.37. The van der Waals surface area contributed by atoms with E-state index in [1.165, 1.54) is 12.8 Å². The van der Waals surface area contributed by atoms with E-state index >= 15 is 0 Å². The van der Waals surface area contributed by atoms with Gasteiger partial charge in [-0.2, -0.15) is 0 Å². The van der Waals surface area contributed by atoms with Gasteiger partial charge in [-0.25, -0.2) is 0 Å². The fourth-order valence-electron chi connectivity index (χ4n) is 2.77. The summed E-state index contributed by atoms with van der Waals surface area (Å²) in [7, 11) is -0.829. The van der Waals surface area contributed by atoms with Crippen molar-refractivity contribution in [1.29, 1.82) is 0 Å². The summed E-state index contributed by atoms with van der Waals surface area (Å²) in [5.74, 6) is 2.01. The smallest absolute Gasteiger partial charge is 0.0476 e.